The van der Waals surface area contributed by atoms with Crippen LogP contribution >= 0.6 is 11.6 Å². The largest absolute Gasteiger partial charge is 0.345 e. The maximum absolute atomic E-state index is 12.9. The summed E-state index contributed by atoms with van der Waals surface area (Å²) in [5.41, 5.74) is 2.42. The number of aryl methyl sites for hydroxylation is 1. The van der Waals surface area contributed by atoms with Gasteiger partial charge in [0.05, 0.1) is 18.2 Å². The predicted molar refractivity (Wildman–Crippen MR) is 108 cm³/mol. The molecule has 0 saturated heterocycles. The van der Waals surface area contributed by atoms with Crippen LogP contribution in [0.15, 0.2) is 47.4 Å². The first-order valence-electron chi connectivity index (χ1n) is 8.94. The van der Waals surface area contributed by atoms with Gasteiger partial charge in [-0.3, -0.25) is 9.63 Å². The topological polar surface area (TPSA) is 75.7 Å². The standard InChI is InChI=1S/C20H23ClN2O4S/c1-13-4-6-14(7-5-13)19(15-8-9-15)22-20(24)16-10-11-17(21)18(12-16)28(25,26)23(2)27-3/h4-7,10-12,15,19H,8-9H2,1-3H3,(H,22,24). The number of nitrogens with one attached hydrogen (secondary N) is 1. The first-order chi connectivity index (χ1) is 13.2. The Kier molecular flexibility index (Phi) is 6.09. The molecule has 1 atom stereocenters. The van der Waals surface area contributed by atoms with E-state index in [0.29, 0.717) is 10.4 Å². The third-order valence-electron chi connectivity index (χ3n) is 4.88. The minimum Gasteiger partial charge on any atom is -0.345 e. The van der Waals surface area contributed by atoms with Crippen molar-refractivity contribution in [3.05, 3.63) is 64.2 Å². The molecule has 0 bridgehead atoms. The molecule has 1 aliphatic rings. The van der Waals surface area contributed by atoms with E-state index in [1.165, 1.54) is 32.4 Å². The maximum atomic E-state index is 12.9. The van der Waals surface area contributed by atoms with Crippen molar-refractivity contribution in [2.75, 3.05) is 14.2 Å². The molecule has 0 aliphatic heterocycles. The molecule has 1 unspecified atom stereocenters. The third-order valence-corrected chi connectivity index (χ3v) is 7.04. The number of benzene rings is 2. The molecule has 0 radical (unpaired) electrons. The van der Waals surface area contributed by atoms with E-state index in [1.807, 2.05) is 31.2 Å². The maximum Gasteiger partial charge on any atom is 0.266 e. The van der Waals surface area contributed by atoms with Gasteiger partial charge in [0.2, 0.25) is 0 Å². The Morgan fingerprint density at radius 2 is 1.86 bits per heavy atom. The second-order valence-electron chi connectivity index (χ2n) is 6.94. The summed E-state index contributed by atoms with van der Waals surface area (Å²) in [6, 6.07) is 12.2. The lowest BCUT2D eigenvalue weighted by Crippen LogP contribution is -2.30. The highest BCUT2D eigenvalue weighted by Crippen LogP contribution is 2.41. The van der Waals surface area contributed by atoms with Crippen molar-refractivity contribution in [2.24, 2.45) is 5.92 Å². The Morgan fingerprint density at radius 3 is 2.43 bits per heavy atom. The molecule has 0 heterocycles. The number of nitrogens with zero attached hydrogens (tertiary/aromatic N) is 1. The van der Waals surface area contributed by atoms with Gasteiger partial charge in [-0.2, -0.15) is 0 Å². The van der Waals surface area contributed by atoms with E-state index in [0.717, 1.165) is 24.0 Å². The second kappa shape index (κ2) is 8.21. The molecule has 1 saturated carbocycles. The van der Waals surface area contributed by atoms with Gasteiger partial charge in [0.15, 0.2) is 0 Å². The van der Waals surface area contributed by atoms with E-state index < -0.39 is 10.0 Å². The smallest absolute Gasteiger partial charge is 0.266 e. The van der Waals surface area contributed by atoms with Gasteiger partial charge in [-0.05, 0) is 49.4 Å². The normalized spacial score (nSPS) is 15.5. The van der Waals surface area contributed by atoms with Gasteiger partial charge in [-0.15, -0.1) is 0 Å². The van der Waals surface area contributed by atoms with Crippen LogP contribution < -0.4 is 5.32 Å². The number of hydrogen-bond acceptors (Lipinski definition) is 4. The molecular formula is C20H23ClN2O4S. The Morgan fingerprint density at radius 1 is 1.21 bits per heavy atom. The molecule has 1 amide bonds. The van der Waals surface area contributed by atoms with Crippen molar-refractivity contribution in [1.82, 2.24) is 9.79 Å². The summed E-state index contributed by atoms with van der Waals surface area (Å²) in [6.07, 6.45) is 2.11. The Labute approximate surface area is 170 Å². The highest BCUT2D eigenvalue weighted by molar-refractivity contribution is 7.89. The highest BCUT2D eigenvalue weighted by atomic mass is 35.5. The summed E-state index contributed by atoms with van der Waals surface area (Å²) in [4.78, 5) is 17.5. The van der Waals surface area contributed by atoms with Crippen molar-refractivity contribution in [1.29, 1.82) is 0 Å². The van der Waals surface area contributed by atoms with Crippen LogP contribution in [-0.2, 0) is 14.9 Å². The van der Waals surface area contributed by atoms with Gasteiger partial charge in [-0.1, -0.05) is 45.9 Å². The average molecular weight is 423 g/mol. The van der Waals surface area contributed by atoms with Crippen molar-refractivity contribution in [3.8, 4) is 0 Å². The molecule has 1 N–H and O–H groups in total. The molecule has 150 valence electrons. The minimum atomic E-state index is -3.97. The first kappa shape index (κ1) is 20.8. The minimum absolute atomic E-state index is 0.0257. The van der Waals surface area contributed by atoms with Gasteiger partial charge in [0.1, 0.15) is 4.90 Å². The number of hydrogen-bond donors (Lipinski definition) is 1. The molecule has 0 aromatic heterocycles. The number of carbonyl (C=O) groups is 1. The van der Waals surface area contributed by atoms with Gasteiger partial charge in [-0.25, -0.2) is 8.42 Å². The predicted octanol–water partition coefficient (Wildman–Crippen LogP) is 3.71. The van der Waals surface area contributed by atoms with Gasteiger partial charge in [0, 0.05) is 12.6 Å². The first-order valence-corrected chi connectivity index (χ1v) is 10.8. The molecular weight excluding hydrogens is 400 g/mol. The number of carbonyl (C=O) groups excluding carboxylic acids is 1. The van der Waals surface area contributed by atoms with Crippen molar-refractivity contribution >= 4 is 27.5 Å². The Balaban J connectivity index is 1.88. The third kappa shape index (κ3) is 4.38. The SMILES string of the molecule is CON(C)S(=O)(=O)c1cc(C(=O)NC(c2ccc(C)cc2)C2CC2)ccc1Cl. The molecule has 1 fully saturated rings. The van der Waals surface area contributed by atoms with Crippen LogP contribution in [0.4, 0.5) is 0 Å². The summed E-state index contributed by atoms with van der Waals surface area (Å²) < 4.78 is 25.8. The van der Waals surface area contributed by atoms with Crippen LogP contribution in [0.25, 0.3) is 0 Å². The molecule has 28 heavy (non-hydrogen) atoms. The number of sulfonamides is 1. The summed E-state index contributed by atoms with van der Waals surface area (Å²) in [7, 11) is -1.46. The van der Waals surface area contributed by atoms with Crippen molar-refractivity contribution in [2.45, 2.75) is 30.7 Å². The van der Waals surface area contributed by atoms with Crippen molar-refractivity contribution in [3.63, 3.8) is 0 Å². The van der Waals surface area contributed by atoms with Crippen LogP contribution in [0, 0.1) is 12.8 Å². The average Bonchev–Trinajstić information content (AvgIpc) is 3.51. The van der Waals surface area contributed by atoms with E-state index in [1.54, 1.807) is 0 Å². The molecule has 2 aromatic rings. The van der Waals surface area contributed by atoms with Crippen LogP contribution in [0.3, 0.4) is 0 Å². The summed E-state index contributed by atoms with van der Waals surface area (Å²) in [5, 5.41) is 3.08. The summed E-state index contributed by atoms with van der Waals surface area (Å²) >= 11 is 6.07. The van der Waals surface area contributed by atoms with Gasteiger partial charge >= 0.3 is 0 Å². The van der Waals surface area contributed by atoms with Gasteiger partial charge < -0.3 is 5.32 Å². The highest BCUT2D eigenvalue weighted by Gasteiger charge is 2.34. The van der Waals surface area contributed by atoms with E-state index in [-0.39, 0.29) is 27.4 Å². The lowest BCUT2D eigenvalue weighted by atomic mass is 10.0. The molecule has 1 aliphatic carbocycles. The molecule has 8 heteroatoms. The van der Waals surface area contributed by atoms with E-state index in [9.17, 15) is 13.2 Å². The fourth-order valence-electron chi connectivity index (χ4n) is 2.98. The zero-order valence-corrected chi connectivity index (χ0v) is 17.5. The quantitative estimate of drug-likeness (QED) is 0.690. The molecule has 0 spiro atoms. The Hall–Kier alpha value is -1.93. The van der Waals surface area contributed by atoms with Crippen LogP contribution in [0.2, 0.25) is 5.02 Å². The Bertz CT molecular complexity index is 972. The van der Waals surface area contributed by atoms with E-state index in [4.69, 9.17) is 16.4 Å². The summed E-state index contributed by atoms with van der Waals surface area (Å²) in [5.74, 6) is 0.0486. The molecule has 6 nitrogen and oxygen atoms in total. The van der Waals surface area contributed by atoms with Crippen LogP contribution in [-0.4, -0.2) is 33.0 Å². The number of rotatable bonds is 7. The molecule has 3 rings (SSSR count). The zero-order valence-electron chi connectivity index (χ0n) is 16.0. The monoisotopic (exact) mass is 422 g/mol. The van der Waals surface area contributed by atoms with Gasteiger partial charge in [0.25, 0.3) is 15.9 Å². The fraction of sp³-hybridized carbons (Fsp3) is 0.350. The van der Waals surface area contributed by atoms with E-state index >= 15 is 0 Å². The van der Waals surface area contributed by atoms with Crippen LogP contribution in [0.5, 0.6) is 0 Å². The number of amides is 1. The van der Waals surface area contributed by atoms with E-state index in [2.05, 4.69) is 5.32 Å². The number of hydroxylamine groups is 1. The lowest BCUT2D eigenvalue weighted by molar-refractivity contribution is -0.0258. The molecule has 2 aromatic carbocycles. The fourth-order valence-corrected chi connectivity index (χ4v) is 4.45. The zero-order chi connectivity index (χ0) is 20.5. The lowest BCUT2D eigenvalue weighted by Gasteiger charge is -2.20. The van der Waals surface area contributed by atoms with Crippen LogP contribution in [0.1, 0.15) is 40.4 Å². The number of halogens is 1. The van der Waals surface area contributed by atoms with Crippen molar-refractivity contribution < 1.29 is 18.0 Å². The summed E-state index contributed by atoms with van der Waals surface area (Å²) in [6.45, 7) is 2.02. The second-order valence-corrected chi connectivity index (χ2v) is 9.25.